The van der Waals surface area contributed by atoms with Gasteiger partial charge < -0.3 is 0 Å². The molecule has 0 aliphatic heterocycles. The Morgan fingerprint density at radius 2 is 1.95 bits per heavy atom. The van der Waals surface area contributed by atoms with E-state index < -0.39 is 17.0 Å². The van der Waals surface area contributed by atoms with Gasteiger partial charge in [-0.2, -0.15) is 0 Å². The first-order valence-electron chi connectivity index (χ1n) is 6.56. The van der Waals surface area contributed by atoms with E-state index in [2.05, 4.69) is 4.98 Å². The monoisotopic (exact) mass is 306 g/mol. The van der Waals surface area contributed by atoms with Crippen molar-refractivity contribution in [2.75, 3.05) is 0 Å². The highest BCUT2D eigenvalue weighted by Gasteiger charge is 2.20. The number of alkyl halides is 1. The Bertz CT molecular complexity index is 804. The minimum atomic E-state index is -0.431. The summed E-state index contributed by atoms with van der Waals surface area (Å²) in [5.41, 5.74) is 2.18. The summed E-state index contributed by atoms with van der Waals surface area (Å²) >= 11 is 6.17. The molecule has 2 aromatic carbocycles. The van der Waals surface area contributed by atoms with E-state index in [1.165, 1.54) is 18.2 Å². The quantitative estimate of drug-likeness (QED) is 0.615. The van der Waals surface area contributed by atoms with Crippen LogP contribution >= 0.6 is 11.6 Å². The summed E-state index contributed by atoms with van der Waals surface area (Å²) in [6, 6.07) is 9.05. The number of fused-ring (bicyclic) bond motifs is 1. The number of hydrogen-bond acceptors (Lipinski definition) is 1. The molecular weight excluding hydrogens is 294 g/mol. The highest BCUT2D eigenvalue weighted by molar-refractivity contribution is 6.20. The summed E-state index contributed by atoms with van der Waals surface area (Å²) in [7, 11) is 0. The molecule has 3 aromatic rings. The van der Waals surface area contributed by atoms with Crippen LogP contribution in [0.15, 0.2) is 36.4 Å². The average Bonchev–Trinajstić information content (AvgIpc) is 2.78. The molecule has 1 unspecified atom stereocenters. The Morgan fingerprint density at radius 1 is 1.19 bits per heavy atom. The highest BCUT2D eigenvalue weighted by atomic mass is 35.5. The second kappa shape index (κ2) is 5.11. The molecule has 0 radical (unpaired) electrons. The van der Waals surface area contributed by atoms with Crippen LogP contribution in [0.2, 0.25) is 0 Å². The maximum atomic E-state index is 14.3. The van der Waals surface area contributed by atoms with Crippen LogP contribution in [0.25, 0.3) is 16.7 Å². The van der Waals surface area contributed by atoms with E-state index in [4.69, 9.17) is 11.6 Å². The second-order valence-electron chi connectivity index (χ2n) is 4.96. The van der Waals surface area contributed by atoms with Gasteiger partial charge in [0, 0.05) is 6.07 Å². The molecule has 0 spiro atoms. The Morgan fingerprint density at radius 3 is 2.62 bits per heavy atom. The molecule has 3 rings (SSSR count). The van der Waals surface area contributed by atoms with Crippen molar-refractivity contribution in [3.63, 3.8) is 0 Å². The third-order valence-corrected chi connectivity index (χ3v) is 3.61. The lowest BCUT2D eigenvalue weighted by atomic mass is 10.1. The molecule has 0 saturated heterocycles. The van der Waals surface area contributed by atoms with Gasteiger partial charge in [-0.1, -0.05) is 12.1 Å². The SMILES string of the molecule is Cc1cccc(F)c1-n1c(C(C)Cl)nc2ccc(F)cc21. The number of halogens is 3. The Kier molecular flexibility index (Phi) is 3.41. The van der Waals surface area contributed by atoms with Crippen molar-refractivity contribution in [2.45, 2.75) is 19.2 Å². The van der Waals surface area contributed by atoms with Crippen molar-refractivity contribution < 1.29 is 8.78 Å². The molecule has 0 saturated carbocycles. The molecule has 1 atom stereocenters. The summed E-state index contributed by atoms with van der Waals surface area (Å²) in [6.45, 7) is 3.55. The molecule has 1 heterocycles. The lowest BCUT2D eigenvalue weighted by molar-refractivity contribution is 0.613. The zero-order chi connectivity index (χ0) is 15.1. The van der Waals surface area contributed by atoms with Crippen molar-refractivity contribution >= 4 is 22.6 Å². The molecule has 21 heavy (non-hydrogen) atoms. The smallest absolute Gasteiger partial charge is 0.147 e. The van der Waals surface area contributed by atoms with Crippen LogP contribution in [0.4, 0.5) is 8.78 Å². The molecule has 0 aliphatic rings. The van der Waals surface area contributed by atoms with Gasteiger partial charge in [-0.25, -0.2) is 13.8 Å². The van der Waals surface area contributed by atoms with E-state index in [1.807, 2.05) is 0 Å². The summed E-state index contributed by atoms with van der Waals surface area (Å²) in [4.78, 5) is 4.41. The van der Waals surface area contributed by atoms with Crippen LogP contribution in [0, 0.1) is 18.6 Å². The molecule has 2 nitrogen and oxygen atoms in total. The van der Waals surface area contributed by atoms with E-state index in [0.717, 1.165) is 5.56 Å². The first-order chi connectivity index (χ1) is 9.99. The molecule has 0 bridgehead atoms. The zero-order valence-corrected chi connectivity index (χ0v) is 12.3. The normalized spacial score (nSPS) is 12.8. The van der Waals surface area contributed by atoms with Gasteiger partial charge in [0.1, 0.15) is 17.5 Å². The van der Waals surface area contributed by atoms with Crippen LogP contribution < -0.4 is 0 Å². The van der Waals surface area contributed by atoms with Gasteiger partial charge in [0.2, 0.25) is 0 Å². The number of para-hydroxylation sites is 1. The first-order valence-corrected chi connectivity index (χ1v) is 7.00. The molecule has 0 fully saturated rings. The third kappa shape index (κ3) is 2.29. The van der Waals surface area contributed by atoms with Gasteiger partial charge in [0.15, 0.2) is 0 Å². The van der Waals surface area contributed by atoms with E-state index >= 15 is 0 Å². The number of hydrogen-bond donors (Lipinski definition) is 0. The van der Waals surface area contributed by atoms with Crippen molar-refractivity contribution in [2.24, 2.45) is 0 Å². The van der Waals surface area contributed by atoms with E-state index in [-0.39, 0.29) is 0 Å². The molecule has 0 N–H and O–H groups in total. The lowest BCUT2D eigenvalue weighted by Gasteiger charge is -2.14. The molecule has 5 heteroatoms. The Labute approximate surface area is 126 Å². The van der Waals surface area contributed by atoms with Crippen molar-refractivity contribution in [1.29, 1.82) is 0 Å². The Hall–Kier alpha value is -1.94. The van der Waals surface area contributed by atoms with Gasteiger partial charge >= 0.3 is 0 Å². The van der Waals surface area contributed by atoms with E-state index in [0.29, 0.717) is 22.5 Å². The van der Waals surface area contributed by atoms with Gasteiger partial charge in [0.05, 0.1) is 22.1 Å². The predicted octanol–water partition coefficient (Wildman–Crippen LogP) is 4.91. The van der Waals surface area contributed by atoms with Crippen molar-refractivity contribution in [3.8, 4) is 5.69 Å². The number of nitrogens with zero attached hydrogens (tertiary/aromatic N) is 2. The van der Waals surface area contributed by atoms with E-state index in [9.17, 15) is 8.78 Å². The summed E-state index contributed by atoms with van der Waals surface area (Å²) < 4.78 is 29.5. The standard InChI is InChI=1S/C16H13ClF2N2/c1-9-4-3-5-12(19)15(9)21-14-8-11(18)6-7-13(14)20-16(21)10(2)17/h3-8,10H,1-2H3. The summed E-state index contributed by atoms with van der Waals surface area (Å²) in [5.74, 6) is -0.297. The highest BCUT2D eigenvalue weighted by Crippen LogP contribution is 2.31. The topological polar surface area (TPSA) is 17.8 Å². The maximum absolute atomic E-state index is 14.3. The second-order valence-corrected chi connectivity index (χ2v) is 5.61. The summed E-state index contributed by atoms with van der Waals surface area (Å²) in [6.07, 6.45) is 0. The van der Waals surface area contributed by atoms with E-state index in [1.54, 1.807) is 36.6 Å². The van der Waals surface area contributed by atoms with Crippen LogP contribution in [-0.2, 0) is 0 Å². The minimum absolute atomic E-state index is 0.355. The van der Waals surface area contributed by atoms with Crippen molar-refractivity contribution in [1.82, 2.24) is 9.55 Å². The van der Waals surface area contributed by atoms with Gasteiger partial charge in [-0.15, -0.1) is 11.6 Å². The van der Waals surface area contributed by atoms with Crippen LogP contribution in [-0.4, -0.2) is 9.55 Å². The van der Waals surface area contributed by atoms with Crippen LogP contribution in [0.5, 0.6) is 0 Å². The van der Waals surface area contributed by atoms with Gasteiger partial charge in [-0.05, 0) is 37.6 Å². The molecule has 0 aliphatic carbocycles. The number of aromatic nitrogens is 2. The number of imidazole rings is 1. The number of rotatable bonds is 2. The van der Waals surface area contributed by atoms with Crippen LogP contribution in [0.1, 0.15) is 23.7 Å². The fraction of sp³-hybridized carbons (Fsp3) is 0.188. The maximum Gasteiger partial charge on any atom is 0.147 e. The fourth-order valence-corrected chi connectivity index (χ4v) is 2.62. The molecular formula is C16H13ClF2N2. The summed E-state index contributed by atoms with van der Waals surface area (Å²) in [5, 5.41) is -0.431. The zero-order valence-electron chi connectivity index (χ0n) is 11.6. The predicted molar refractivity (Wildman–Crippen MR) is 80.0 cm³/mol. The molecule has 0 amide bonds. The number of aryl methyl sites for hydroxylation is 1. The number of benzene rings is 2. The van der Waals surface area contributed by atoms with Gasteiger partial charge in [0.25, 0.3) is 0 Å². The lowest BCUT2D eigenvalue weighted by Crippen LogP contribution is -2.06. The first kappa shape index (κ1) is 14.0. The molecule has 1 aromatic heterocycles. The fourth-order valence-electron chi connectivity index (χ4n) is 2.48. The average molecular weight is 307 g/mol. The Balaban J connectivity index is 2.44. The molecule has 108 valence electrons. The van der Waals surface area contributed by atoms with Gasteiger partial charge in [-0.3, -0.25) is 4.57 Å². The van der Waals surface area contributed by atoms with Crippen LogP contribution in [0.3, 0.4) is 0 Å². The largest absolute Gasteiger partial charge is 0.292 e. The third-order valence-electron chi connectivity index (χ3n) is 3.41. The van der Waals surface area contributed by atoms with Crippen molar-refractivity contribution in [3.05, 3.63) is 59.4 Å². The minimum Gasteiger partial charge on any atom is -0.292 e.